The zero-order valence-electron chi connectivity index (χ0n) is 14.9. The Hall–Kier alpha value is -2.61. The maximum atomic E-state index is 12.1. The highest BCUT2D eigenvalue weighted by Gasteiger charge is 2.25. The molecule has 1 amide bonds. The van der Waals surface area contributed by atoms with Crippen LogP contribution < -0.4 is 11.1 Å². The van der Waals surface area contributed by atoms with Crippen molar-refractivity contribution in [1.29, 1.82) is 0 Å². The van der Waals surface area contributed by atoms with Crippen LogP contribution in [0.2, 0.25) is 0 Å². The molecule has 0 aromatic heterocycles. The third kappa shape index (κ3) is 9.03. The van der Waals surface area contributed by atoms with Gasteiger partial charge < -0.3 is 25.3 Å². The van der Waals surface area contributed by atoms with Gasteiger partial charge >= 0.3 is 18.2 Å². The predicted octanol–water partition coefficient (Wildman–Crippen LogP) is 2.50. The van der Waals surface area contributed by atoms with Crippen molar-refractivity contribution < 1.29 is 28.6 Å². The molecule has 0 saturated heterocycles. The Morgan fingerprint density at radius 1 is 1.12 bits per heavy atom. The van der Waals surface area contributed by atoms with Crippen molar-refractivity contribution in [2.75, 3.05) is 13.2 Å². The molecule has 8 heteroatoms. The normalized spacial score (nSPS) is 11.3. The van der Waals surface area contributed by atoms with Crippen LogP contribution in [0.1, 0.15) is 38.2 Å². The summed E-state index contributed by atoms with van der Waals surface area (Å²) in [5, 5.41) is 2.39. The van der Waals surface area contributed by atoms with Crippen LogP contribution in [-0.2, 0) is 25.6 Å². The van der Waals surface area contributed by atoms with Crippen molar-refractivity contribution in [1.82, 2.24) is 5.32 Å². The molecule has 1 rings (SSSR count). The van der Waals surface area contributed by atoms with Gasteiger partial charge in [0.1, 0.15) is 12.6 Å². The molecule has 0 heterocycles. The van der Waals surface area contributed by atoms with Crippen LogP contribution >= 0.6 is 0 Å². The molecule has 0 spiro atoms. The van der Waals surface area contributed by atoms with Crippen LogP contribution in [0.5, 0.6) is 0 Å². The van der Waals surface area contributed by atoms with Gasteiger partial charge in [-0.1, -0.05) is 43.7 Å². The molecule has 0 aliphatic carbocycles. The second kappa shape index (κ2) is 12.7. The largest absolute Gasteiger partial charge is 0.516 e. The molecule has 144 valence electrons. The predicted molar refractivity (Wildman–Crippen MR) is 94.2 cm³/mol. The van der Waals surface area contributed by atoms with Crippen molar-refractivity contribution in [2.45, 2.75) is 45.3 Å². The summed E-state index contributed by atoms with van der Waals surface area (Å²) in [5.41, 5.74) is 6.19. The highest BCUT2D eigenvalue weighted by molar-refractivity contribution is 5.88. The lowest BCUT2D eigenvalue weighted by Gasteiger charge is -2.16. The number of benzene rings is 1. The number of rotatable bonds is 10. The second-order valence-corrected chi connectivity index (χ2v) is 5.56. The lowest BCUT2D eigenvalue weighted by Crippen LogP contribution is -2.43. The van der Waals surface area contributed by atoms with Crippen molar-refractivity contribution in [3.63, 3.8) is 0 Å². The molecule has 8 nitrogen and oxygen atoms in total. The number of carbonyl (C=O) groups is 3. The topological polar surface area (TPSA) is 117 Å². The maximum absolute atomic E-state index is 12.1. The summed E-state index contributed by atoms with van der Waals surface area (Å²) in [7, 11) is 0. The van der Waals surface area contributed by atoms with E-state index in [-0.39, 0.29) is 19.6 Å². The summed E-state index contributed by atoms with van der Waals surface area (Å²) < 4.78 is 14.5. The van der Waals surface area contributed by atoms with E-state index in [1.165, 1.54) is 0 Å². The van der Waals surface area contributed by atoms with Gasteiger partial charge in [-0.3, -0.25) is 0 Å². The van der Waals surface area contributed by atoms with E-state index in [9.17, 15) is 14.4 Å². The van der Waals surface area contributed by atoms with Crippen LogP contribution in [0.25, 0.3) is 0 Å². The molecule has 0 radical (unpaired) electrons. The zero-order chi connectivity index (χ0) is 19.2. The van der Waals surface area contributed by atoms with E-state index < -0.39 is 24.3 Å². The lowest BCUT2D eigenvalue weighted by atomic mass is 10.1. The SMILES string of the molecule is CCCCOC(=O)N[C@H](CCCN)C(=O)OC(=O)OCc1ccccc1. The Morgan fingerprint density at radius 3 is 2.50 bits per heavy atom. The Kier molecular flexibility index (Phi) is 10.5. The minimum atomic E-state index is -1.13. The standard InChI is InChI=1S/C18H26N2O6/c1-2-3-12-24-17(22)20-15(10-7-11-19)16(21)26-18(23)25-13-14-8-5-4-6-9-14/h4-6,8-9,15H,2-3,7,10-13,19H2,1H3,(H,20,22)/t15-/m1/s1. The highest BCUT2D eigenvalue weighted by Crippen LogP contribution is 2.05. The fourth-order valence-electron chi connectivity index (χ4n) is 1.96. The fraction of sp³-hybridized carbons (Fsp3) is 0.500. The van der Waals surface area contributed by atoms with Gasteiger partial charge in [-0.15, -0.1) is 0 Å². The molecule has 1 aromatic rings. The van der Waals surface area contributed by atoms with E-state index in [1.807, 2.05) is 13.0 Å². The maximum Gasteiger partial charge on any atom is 0.516 e. The van der Waals surface area contributed by atoms with Gasteiger partial charge in [0.2, 0.25) is 0 Å². The summed E-state index contributed by atoms with van der Waals surface area (Å²) in [6, 6.07) is 7.94. The molecule has 0 aliphatic rings. The number of hydrogen-bond acceptors (Lipinski definition) is 7. The van der Waals surface area contributed by atoms with E-state index in [0.717, 1.165) is 18.4 Å². The molecule has 26 heavy (non-hydrogen) atoms. The molecule has 0 aliphatic heterocycles. The highest BCUT2D eigenvalue weighted by atomic mass is 16.7. The first kappa shape index (κ1) is 21.4. The van der Waals surface area contributed by atoms with Gasteiger partial charge in [0.15, 0.2) is 0 Å². The summed E-state index contributed by atoms with van der Waals surface area (Å²) in [5.74, 6) is -0.913. The Bertz CT molecular complexity index is 564. The molecule has 1 atom stereocenters. The minimum Gasteiger partial charge on any atom is -0.450 e. The molecule has 0 saturated carbocycles. The smallest absolute Gasteiger partial charge is 0.450 e. The van der Waals surface area contributed by atoms with E-state index in [4.69, 9.17) is 15.2 Å². The van der Waals surface area contributed by atoms with E-state index >= 15 is 0 Å². The number of nitrogens with one attached hydrogen (secondary N) is 1. The molecule has 0 unspecified atom stereocenters. The molecule has 0 bridgehead atoms. The van der Waals surface area contributed by atoms with Crippen molar-refractivity contribution >= 4 is 18.2 Å². The lowest BCUT2D eigenvalue weighted by molar-refractivity contribution is -0.142. The van der Waals surface area contributed by atoms with Crippen LogP contribution in [0.15, 0.2) is 30.3 Å². The third-order valence-electron chi connectivity index (χ3n) is 3.39. The molecule has 3 N–H and O–H groups in total. The number of carbonyl (C=O) groups excluding carboxylic acids is 3. The quantitative estimate of drug-likeness (QED) is 0.371. The molecular weight excluding hydrogens is 340 g/mol. The number of unbranched alkanes of at least 4 members (excludes halogenated alkanes) is 1. The number of nitrogens with two attached hydrogens (primary N) is 1. The van der Waals surface area contributed by atoms with Crippen molar-refractivity contribution in [3.8, 4) is 0 Å². The first-order chi connectivity index (χ1) is 12.6. The van der Waals surface area contributed by atoms with Crippen molar-refractivity contribution in [2.24, 2.45) is 5.73 Å². The second-order valence-electron chi connectivity index (χ2n) is 5.56. The number of esters is 1. The van der Waals surface area contributed by atoms with Crippen LogP contribution in [0, 0.1) is 0 Å². The van der Waals surface area contributed by atoms with Gasteiger partial charge in [-0.2, -0.15) is 0 Å². The molecule has 1 aromatic carbocycles. The van der Waals surface area contributed by atoms with Gasteiger partial charge in [0.05, 0.1) is 6.61 Å². The molecular formula is C18H26N2O6. The van der Waals surface area contributed by atoms with Gasteiger partial charge in [0.25, 0.3) is 0 Å². The van der Waals surface area contributed by atoms with E-state index in [1.54, 1.807) is 24.3 Å². The first-order valence-corrected chi connectivity index (χ1v) is 8.62. The van der Waals surface area contributed by atoms with Gasteiger partial charge in [-0.05, 0) is 31.4 Å². The summed E-state index contributed by atoms with van der Waals surface area (Å²) in [6.45, 7) is 2.52. The Balaban J connectivity index is 2.47. The van der Waals surface area contributed by atoms with Crippen LogP contribution in [0.3, 0.4) is 0 Å². The number of amides is 1. The number of hydrogen-bond donors (Lipinski definition) is 2. The van der Waals surface area contributed by atoms with E-state index in [2.05, 4.69) is 10.1 Å². The minimum absolute atomic E-state index is 0.0209. The van der Waals surface area contributed by atoms with E-state index in [0.29, 0.717) is 13.0 Å². The Morgan fingerprint density at radius 2 is 1.85 bits per heavy atom. The van der Waals surface area contributed by atoms with Crippen LogP contribution in [-0.4, -0.2) is 37.4 Å². The van der Waals surface area contributed by atoms with Gasteiger partial charge in [0, 0.05) is 0 Å². The molecule has 0 fully saturated rings. The zero-order valence-corrected chi connectivity index (χ0v) is 14.9. The summed E-state index contributed by atoms with van der Waals surface area (Å²) in [6.07, 6.45) is 0.419. The number of alkyl carbamates (subject to hydrolysis) is 1. The number of ether oxygens (including phenoxy) is 3. The fourth-order valence-corrected chi connectivity index (χ4v) is 1.96. The Labute approximate surface area is 153 Å². The monoisotopic (exact) mass is 366 g/mol. The summed E-state index contributed by atoms with van der Waals surface area (Å²) >= 11 is 0. The van der Waals surface area contributed by atoms with Crippen molar-refractivity contribution in [3.05, 3.63) is 35.9 Å². The van der Waals surface area contributed by atoms with Crippen LogP contribution in [0.4, 0.5) is 9.59 Å². The third-order valence-corrected chi connectivity index (χ3v) is 3.39. The average molecular weight is 366 g/mol. The first-order valence-electron chi connectivity index (χ1n) is 8.62. The van der Waals surface area contributed by atoms with Gasteiger partial charge in [-0.25, -0.2) is 14.4 Å². The summed E-state index contributed by atoms with van der Waals surface area (Å²) in [4.78, 5) is 35.5. The average Bonchev–Trinajstić information content (AvgIpc) is 2.64.